The molecule has 0 aromatic heterocycles. The highest BCUT2D eigenvalue weighted by molar-refractivity contribution is 5.90. The molecule has 2 rings (SSSR count). The normalized spacial score (nSPS) is 12.9. The first-order chi connectivity index (χ1) is 16.7. The Morgan fingerprint density at radius 2 is 1.03 bits per heavy atom. The molecule has 2 aromatic carbocycles. The van der Waals surface area contributed by atoms with Crippen LogP contribution in [-0.2, 0) is 38.1 Å². The van der Waals surface area contributed by atoms with Crippen LogP contribution in [0.2, 0.25) is 0 Å². The highest BCUT2D eigenvalue weighted by Crippen LogP contribution is 2.18. The predicted molar refractivity (Wildman–Crippen MR) is 120 cm³/mol. The van der Waals surface area contributed by atoms with Crippen LogP contribution in [0.15, 0.2) is 60.7 Å². The Morgan fingerprint density at radius 1 is 0.571 bits per heavy atom. The predicted octanol–water partition coefficient (Wildman–Crippen LogP) is 2.50. The third kappa shape index (κ3) is 9.28. The average Bonchev–Trinajstić information content (AvgIpc) is 2.83. The van der Waals surface area contributed by atoms with Gasteiger partial charge in [0.15, 0.2) is 18.3 Å². The van der Waals surface area contributed by atoms with Crippen molar-refractivity contribution in [2.24, 2.45) is 0 Å². The van der Waals surface area contributed by atoms with Crippen LogP contribution in [0.25, 0.3) is 0 Å². The number of hydrogen-bond acceptors (Lipinski definition) is 10. The minimum absolute atomic E-state index is 0.182. The van der Waals surface area contributed by atoms with Gasteiger partial charge in [-0.2, -0.15) is 0 Å². The summed E-state index contributed by atoms with van der Waals surface area (Å²) >= 11 is 0. The molecule has 0 unspecified atom stereocenters. The number of hydrogen-bond donors (Lipinski definition) is 0. The Hall–Kier alpha value is -4.21. The Bertz CT molecular complexity index is 1020. The second-order valence-corrected chi connectivity index (χ2v) is 7.30. The van der Waals surface area contributed by atoms with Gasteiger partial charge in [0, 0.05) is 20.8 Å². The standard InChI is InChI=1S/C25H26O10/c1-16(26)31-14-22(35-25(30)20-12-8-5-9-13-20)23(34-18(3)28)21(33-17(2)27)15-32-24(29)19-10-6-4-7-11-19/h4-13,21-23H,14-15H2,1-3H3/t21-,22+,23+/m0/s1. The van der Waals surface area contributed by atoms with Crippen molar-refractivity contribution in [1.29, 1.82) is 0 Å². The molecule has 0 aliphatic rings. The zero-order chi connectivity index (χ0) is 25.8. The van der Waals surface area contributed by atoms with Gasteiger partial charge in [-0.3, -0.25) is 14.4 Å². The van der Waals surface area contributed by atoms with Crippen LogP contribution in [0, 0.1) is 0 Å². The summed E-state index contributed by atoms with van der Waals surface area (Å²) in [6.45, 7) is 2.28. The van der Waals surface area contributed by atoms with Crippen molar-refractivity contribution in [1.82, 2.24) is 0 Å². The van der Waals surface area contributed by atoms with E-state index >= 15 is 0 Å². The quantitative estimate of drug-likeness (QED) is 0.345. The molecule has 0 heterocycles. The van der Waals surface area contributed by atoms with E-state index in [9.17, 15) is 24.0 Å². The van der Waals surface area contributed by atoms with E-state index in [4.69, 9.17) is 23.7 Å². The smallest absolute Gasteiger partial charge is 0.338 e. The zero-order valence-electron chi connectivity index (χ0n) is 19.5. The van der Waals surface area contributed by atoms with Crippen LogP contribution in [0.1, 0.15) is 41.5 Å². The lowest BCUT2D eigenvalue weighted by molar-refractivity contribution is -0.183. The summed E-state index contributed by atoms with van der Waals surface area (Å²) in [4.78, 5) is 60.2. The fraction of sp³-hybridized carbons (Fsp3) is 0.320. The van der Waals surface area contributed by atoms with Crippen molar-refractivity contribution >= 4 is 29.8 Å². The minimum Gasteiger partial charge on any atom is -0.462 e. The van der Waals surface area contributed by atoms with Crippen molar-refractivity contribution < 1.29 is 47.7 Å². The maximum absolute atomic E-state index is 12.7. The summed E-state index contributed by atoms with van der Waals surface area (Å²) in [7, 11) is 0. The summed E-state index contributed by atoms with van der Waals surface area (Å²) in [5.41, 5.74) is 0.423. The van der Waals surface area contributed by atoms with Crippen LogP contribution in [0.3, 0.4) is 0 Å². The van der Waals surface area contributed by atoms with E-state index in [0.717, 1.165) is 20.8 Å². The van der Waals surface area contributed by atoms with Gasteiger partial charge in [-0.15, -0.1) is 0 Å². The molecule has 0 bridgehead atoms. The fourth-order valence-corrected chi connectivity index (χ4v) is 2.98. The van der Waals surface area contributed by atoms with E-state index in [1.807, 2.05) is 0 Å². The Balaban J connectivity index is 2.32. The third-order valence-corrected chi connectivity index (χ3v) is 4.46. The summed E-state index contributed by atoms with van der Waals surface area (Å²) in [5.74, 6) is -3.79. The van der Waals surface area contributed by atoms with Crippen LogP contribution in [0.5, 0.6) is 0 Å². The molecule has 0 saturated carbocycles. The van der Waals surface area contributed by atoms with Gasteiger partial charge in [0.05, 0.1) is 11.1 Å². The number of rotatable bonds is 11. The number of esters is 5. The molecule has 35 heavy (non-hydrogen) atoms. The van der Waals surface area contributed by atoms with E-state index in [0.29, 0.717) is 0 Å². The lowest BCUT2D eigenvalue weighted by Crippen LogP contribution is -2.49. The van der Waals surface area contributed by atoms with Gasteiger partial charge in [-0.25, -0.2) is 9.59 Å². The molecule has 0 fully saturated rings. The summed E-state index contributed by atoms with van der Waals surface area (Å²) in [6.07, 6.45) is -4.24. The van der Waals surface area contributed by atoms with Gasteiger partial charge in [0.1, 0.15) is 13.2 Å². The maximum atomic E-state index is 12.7. The van der Waals surface area contributed by atoms with Crippen molar-refractivity contribution in [3.05, 3.63) is 71.8 Å². The third-order valence-electron chi connectivity index (χ3n) is 4.46. The van der Waals surface area contributed by atoms with Gasteiger partial charge in [0.25, 0.3) is 0 Å². The molecule has 0 saturated heterocycles. The van der Waals surface area contributed by atoms with Crippen molar-refractivity contribution in [3.8, 4) is 0 Å². The highest BCUT2D eigenvalue weighted by Gasteiger charge is 2.39. The minimum atomic E-state index is -1.47. The molecule has 10 nitrogen and oxygen atoms in total. The van der Waals surface area contributed by atoms with E-state index < -0.39 is 61.4 Å². The first kappa shape index (κ1) is 27.0. The molecule has 3 atom stereocenters. The van der Waals surface area contributed by atoms with E-state index in [2.05, 4.69) is 0 Å². The van der Waals surface area contributed by atoms with E-state index in [-0.39, 0.29) is 11.1 Å². The average molecular weight is 486 g/mol. The summed E-state index contributed by atoms with van der Waals surface area (Å²) < 4.78 is 26.3. The van der Waals surface area contributed by atoms with Gasteiger partial charge in [-0.1, -0.05) is 36.4 Å². The van der Waals surface area contributed by atoms with Crippen LogP contribution >= 0.6 is 0 Å². The van der Waals surface area contributed by atoms with Crippen molar-refractivity contribution in [2.45, 2.75) is 39.1 Å². The highest BCUT2D eigenvalue weighted by atomic mass is 16.6. The van der Waals surface area contributed by atoms with Gasteiger partial charge in [0.2, 0.25) is 0 Å². The Morgan fingerprint density at radius 3 is 1.51 bits per heavy atom. The molecule has 0 aliphatic carbocycles. The molecular weight excluding hydrogens is 460 g/mol. The second-order valence-electron chi connectivity index (χ2n) is 7.30. The molecule has 0 N–H and O–H groups in total. The van der Waals surface area contributed by atoms with E-state index in [1.54, 1.807) is 36.4 Å². The van der Waals surface area contributed by atoms with Crippen molar-refractivity contribution in [3.63, 3.8) is 0 Å². The summed E-state index contributed by atoms with van der Waals surface area (Å²) in [6, 6.07) is 16.0. The molecule has 186 valence electrons. The molecule has 0 aliphatic heterocycles. The number of benzene rings is 2. The van der Waals surface area contributed by atoms with Gasteiger partial charge >= 0.3 is 29.8 Å². The summed E-state index contributed by atoms with van der Waals surface area (Å²) in [5, 5.41) is 0. The zero-order valence-corrected chi connectivity index (χ0v) is 19.5. The SMILES string of the molecule is CC(=O)OC[C@@H](OC(=O)c1ccccc1)[C@H](OC(C)=O)[C@H](COC(=O)c1ccccc1)OC(C)=O. The fourth-order valence-electron chi connectivity index (χ4n) is 2.98. The van der Waals surface area contributed by atoms with E-state index in [1.165, 1.54) is 24.3 Å². The number of carbonyl (C=O) groups is 5. The monoisotopic (exact) mass is 486 g/mol. The van der Waals surface area contributed by atoms with Crippen LogP contribution in [0.4, 0.5) is 0 Å². The first-order valence-corrected chi connectivity index (χ1v) is 10.6. The second kappa shape index (κ2) is 13.5. The lowest BCUT2D eigenvalue weighted by atomic mass is 10.1. The number of carbonyl (C=O) groups excluding carboxylic acids is 5. The Kier molecular flexibility index (Phi) is 10.4. The largest absolute Gasteiger partial charge is 0.462 e. The molecular formula is C25H26O10. The molecule has 2 aromatic rings. The molecule has 0 radical (unpaired) electrons. The molecule has 0 spiro atoms. The topological polar surface area (TPSA) is 132 Å². The van der Waals surface area contributed by atoms with Crippen molar-refractivity contribution in [2.75, 3.05) is 13.2 Å². The number of ether oxygens (including phenoxy) is 5. The first-order valence-electron chi connectivity index (χ1n) is 10.6. The Labute approximate surface area is 202 Å². The van der Waals surface area contributed by atoms with Crippen LogP contribution < -0.4 is 0 Å². The van der Waals surface area contributed by atoms with Gasteiger partial charge < -0.3 is 23.7 Å². The molecule has 0 amide bonds. The lowest BCUT2D eigenvalue weighted by Gasteiger charge is -2.31. The van der Waals surface area contributed by atoms with Gasteiger partial charge in [-0.05, 0) is 24.3 Å². The molecule has 10 heteroatoms. The maximum Gasteiger partial charge on any atom is 0.338 e. The van der Waals surface area contributed by atoms with Crippen LogP contribution in [-0.4, -0.2) is 61.4 Å².